The van der Waals surface area contributed by atoms with Crippen LogP contribution in [0.2, 0.25) is 0 Å². The number of carbonyl (C=O) groups is 2. The molecule has 4 nitrogen and oxygen atoms in total. The molecule has 5 heteroatoms. The maximum Gasteiger partial charge on any atom is 0.407 e. The summed E-state index contributed by atoms with van der Waals surface area (Å²) in [6.45, 7) is 5.86. The van der Waals surface area contributed by atoms with Crippen LogP contribution in [0.4, 0.5) is 4.79 Å². The molecule has 0 aromatic rings. The van der Waals surface area contributed by atoms with Gasteiger partial charge in [0, 0.05) is 12.0 Å². The van der Waals surface area contributed by atoms with E-state index in [1.54, 1.807) is 0 Å². The molecule has 110 valence electrons. The minimum Gasteiger partial charge on any atom is -0.444 e. The average Bonchev–Trinajstić information content (AvgIpc) is 2.34. The van der Waals surface area contributed by atoms with E-state index in [2.05, 4.69) is 21.2 Å². The van der Waals surface area contributed by atoms with Crippen LogP contribution in [0.25, 0.3) is 0 Å². The van der Waals surface area contributed by atoms with Crippen molar-refractivity contribution < 1.29 is 14.3 Å². The molecular weight excluding hydrogens is 310 g/mol. The molecule has 1 N–H and O–H groups in total. The first-order chi connectivity index (χ1) is 8.79. The van der Waals surface area contributed by atoms with Crippen LogP contribution in [-0.4, -0.2) is 29.4 Å². The second kappa shape index (κ2) is 6.73. The summed E-state index contributed by atoms with van der Waals surface area (Å²) >= 11 is 3.25. The van der Waals surface area contributed by atoms with Crippen LogP contribution in [0.5, 0.6) is 0 Å². The molecule has 1 aliphatic rings. The van der Waals surface area contributed by atoms with Gasteiger partial charge in [0.05, 0.1) is 5.33 Å². The number of amides is 1. The molecule has 0 aromatic heterocycles. The van der Waals surface area contributed by atoms with E-state index in [9.17, 15) is 9.59 Å². The molecule has 1 aliphatic carbocycles. The topological polar surface area (TPSA) is 55.4 Å². The Bertz CT molecular complexity index is 330. The summed E-state index contributed by atoms with van der Waals surface area (Å²) in [5.74, 6) is 0.184. The average molecular weight is 334 g/mol. The fourth-order valence-corrected chi connectivity index (χ4v) is 3.07. The maximum absolute atomic E-state index is 12.1. The zero-order chi connectivity index (χ0) is 14.5. The van der Waals surface area contributed by atoms with Crippen molar-refractivity contribution >= 4 is 27.8 Å². The van der Waals surface area contributed by atoms with Crippen molar-refractivity contribution in [1.82, 2.24) is 5.32 Å². The predicted octanol–water partition coefficient (Wildman–Crippen LogP) is 3.43. The number of halogens is 1. The first kappa shape index (κ1) is 16.5. The molecule has 0 bridgehead atoms. The van der Waals surface area contributed by atoms with Gasteiger partial charge in [0.1, 0.15) is 5.60 Å². The van der Waals surface area contributed by atoms with Crippen molar-refractivity contribution in [3.05, 3.63) is 0 Å². The number of ketones is 1. The van der Waals surface area contributed by atoms with Crippen molar-refractivity contribution in [3.63, 3.8) is 0 Å². The van der Waals surface area contributed by atoms with Crippen LogP contribution >= 0.6 is 15.9 Å². The number of alkyl halides is 1. The summed E-state index contributed by atoms with van der Waals surface area (Å²) in [5.41, 5.74) is -0.915. The summed E-state index contributed by atoms with van der Waals surface area (Å²) < 4.78 is 5.21. The van der Waals surface area contributed by atoms with Gasteiger partial charge in [0.15, 0.2) is 5.78 Å². The molecule has 0 aliphatic heterocycles. The van der Waals surface area contributed by atoms with Crippen molar-refractivity contribution in [1.29, 1.82) is 0 Å². The lowest BCUT2D eigenvalue weighted by Crippen LogP contribution is -2.46. The van der Waals surface area contributed by atoms with Crippen LogP contribution in [-0.2, 0) is 9.53 Å². The summed E-state index contributed by atoms with van der Waals surface area (Å²) in [5, 5.41) is 3.11. The van der Waals surface area contributed by atoms with Crippen LogP contribution in [0.3, 0.4) is 0 Å². The highest BCUT2D eigenvalue weighted by atomic mass is 79.9. The fourth-order valence-electron chi connectivity index (χ4n) is 2.48. The largest absolute Gasteiger partial charge is 0.444 e. The molecular formula is C14H24BrNO3. The Morgan fingerprint density at radius 2 is 1.79 bits per heavy atom. The number of hydrogen-bond acceptors (Lipinski definition) is 3. The van der Waals surface area contributed by atoms with Crippen molar-refractivity contribution in [2.24, 2.45) is 5.41 Å². The zero-order valence-electron chi connectivity index (χ0n) is 12.1. The Labute approximate surface area is 123 Å². The van der Waals surface area contributed by atoms with E-state index < -0.39 is 17.1 Å². The molecule has 19 heavy (non-hydrogen) atoms. The molecule has 0 heterocycles. The lowest BCUT2D eigenvalue weighted by atomic mass is 9.71. The highest BCUT2D eigenvalue weighted by Gasteiger charge is 2.38. The van der Waals surface area contributed by atoms with Gasteiger partial charge in [0.2, 0.25) is 0 Å². The molecule has 1 fully saturated rings. The SMILES string of the molecule is CC(C)(C)OC(=O)NCC1(C(=O)CBr)CCCCC1. The standard InChI is InChI=1S/C14H24BrNO3/c1-13(2,3)19-12(18)16-10-14(11(17)9-15)7-5-4-6-8-14/h4-10H2,1-3H3,(H,16,18). The summed E-state index contributed by atoms with van der Waals surface area (Å²) in [6, 6.07) is 0. The normalized spacial score (nSPS) is 18.7. The Balaban J connectivity index is 2.59. The highest BCUT2D eigenvalue weighted by molar-refractivity contribution is 9.09. The van der Waals surface area contributed by atoms with Gasteiger partial charge in [0.25, 0.3) is 0 Å². The number of alkyl carbamates (subject to hydrolysis) is 1. The number of hydrogen-bond donors (Lipinski definition) is 1. The van der Waals surface area contributed by atoms with Crippen LogP contribution in [0.1, 0.15) is 52.9 Å². The predicted molar refractivity (Wildman–Crippen MR) is 78.6 cm³/mol. The molecule has 1 saturated carbocycles. The number of carbonyl (C=O) groups excluding carboxylic acids is 2. The second-order valence-corrected chi connectivity index (χ2v) is 6.81. The lowest BCUT2D eigenvalue weighted by molar-refractivity contribution is -0.127. The molecule has 0 saturated heterocycles. The number of Topliss-reactive ketones (excluding diaryl/α,β-unsaturated/α-hetero) is 1. The van der Waals surface area contributed by atoms with E-state index in [0.29, 0.717) is 11.9 Å². The summed E-state index contributed by atoms with van der Waals surface area (Å²) in [6.07, 6.45) is 4.54. The number of rotatable bonds is 4. The highest BCUT2D eigenvalue weighted by Crippen LogP contribution is 2.37. The lowest BCUT2D eigenvalue weighted by Gasteiger charge is -2.35. The van der Waals surface area contributed by atoms with E-state index in [-0.39, 0.29) is 5.78 Å². The van der Waals surface area contributed by atoms with Crippen molar-refractivity contribution in [3.8, 4) is 0 Å². The Morgan fingerprint density at radius 3 is 2.26 bits per heavy atom. The quantitative estimate of drug-likeness (QED) is 0.802. The van der Waals surface area contributed by atoms with E-state index in [1.807, 2.05) is 20.8 Å². The molecule has 1 amide bonds. The Morgan fingerprint density at radius 1 is 1.21 bits per heavy atom. The monoisotopic (exact) mass is 333 g/mol. The molecule has 0 spiro atoms. The van der Waals surface area contributed by atoms with Gasteiger partial charge < -0.3 is 10.1 Å². The van der Waals surface area contributed by atoms with Gasteiger partial charge in [-0.05, 0) is 33.6 Å². The Kier molecular flexibility index (Phi) is 5.83. The third-order valence-corrected chi connectivity index (χ3v) is 4.00. The minimum absolute atomic E-state index is 0.184. The van der Waals surface area contributed by atoms with Gasteiger partial charge in [-0.1, -0.05) is 35.2 Å². The second-order valence-electron chi connectivity index (χ2n) is 6.25. The molecule has 0 atom stereocenters. The molecule has 0 unspecified atom stereocenters. The smallest absolute Gasteiger partial charge is 0.407 e. The van der Waals surface area contributed by atoms with Crippen molar-refractivity contribution in [2.45, 2.75) is 58.5 Å². The van der Waals surface area contributed by atoms with Gasteiger partial charge in [-0.3, -0.25) is 4.79 Å². The van der Waals surface area contributed by atoms with E-state index in [4.69, 9.17) is 4.74 Å². The number of nitrogens with one attached hydrogen (secondary N) is 1. The Hall–Kier alpha value is -0.580. The van der Waals surface area contributed by atoms with E-state index >= 15 is 0 Å². The zero-order valence-corrected chi connectivity index (χ0v) is 13.6. The maximum atomic E-state index is 12.1. The van der Waals surface area contributed by atoms with Gasteiger partial charge in [-0.2, -0.15) is 0 Å². The molecule has 0 aromatic carbocycles. The van der Waals surface area contributed by atoms with E-state index in [1.165, 1.54) is 6.42 Å². The summed E-state index contributed by atoms with van der Waals surface area (Å²) in [4.78, 5) is 23.8. The van der Waals surface area contributed by atoms with Crippen LogP contribution in [0.15, 0.2) is 0 Å². The van der Waals surface area contributed by atoms with Gasteiger partial charge >= 0.3 is 6.09 Å². The van der Waals surface area contributed by atoms with Gasteiger partial charge in [-0.15, -0.1) is 0 Å². The van der Waals surface area contributed by atoms with E-state index in [0.717, 1.165) is 25.7 Å². The minimum atomic E-state index is -0.511. The third-order valence-electron chi connectivity index (χ3n) is 3.49. The third kappa shape index (κ3) is 5.13. The summed E-state index contributed by atoms with van der Waals surface area (Å²) in [7, 11) is 0. The first-order valence-electron chi connectivity index (χ1n) is 6.85. The van der Waals surface area contributed by atoms with Crippen molar-refractivity contribution in [2.75, 3.05) is 11.9 Å². The van der Waals surface area contributed by atoms with Gasteiger partial charge in [-0.25, -0.2) is 4.79 Å². The van der Waals surface area contributed by atoms with Crippen LogP contribution in [0, 0.1) is 5.41 Å². The molecule has 1 rings (SSSR count). The number of ether oxygens (including phenoxy) is 1. The fraction of sp³-hybridized carbons (Fsp3) is 0.857. The van der Waals surface area contributed by atoms with Crippen LogP contribution < -0.4 is 5.32 Å². The molecule has 0 radical (unpaired) electrons. The first-order valence-corrected chi connectivity index (χ1v) is 7.97.